The Hall–Kier alpha value is -8.60. The molecular formula is C61H38N2O2. The van der Waals surface area contributed by atoms with Crippen molar-refractivity contribution in [3.05, 3.63) is 253 Å². The maximum atomic E-state index is 6.78. The number of hydrogen-bond donors (Lipinski definition) is 0. The molecule has 0 amide bonds. The standard InChI is InChI=1S/C61H38N2O2/c1-3-17-39(18-4-1)62(41-34-36-58-49(37-41)46-23-10-13-31-56(46)64-58)42-33-35-44-43-21-7-11-26-50(43)61(53(44)38-42)51-27-12-8-24-48(51)59-52(61)28-16-29-54(59)63(40-19-5-2-6-20-40)55-30-15-25-47-45-22-9-14-32-57(45)65-60(47)55/h1-38H. The quantitative estimate of drug-likeness (QED) is 0.167. The van der Waals surface area contributed by atoms with E-state index in [-0.39, 0.29) is 0 Å². The monoisotopic (exact) mass is 830 g/mol. The van der Waals surface area contributed by atoms with Crippen molar-refractivity contribution < 1.29 is 8.83 Å². The van der Waals surface area contributed by atoms with Crippen LogP contribution < -0.4 is 9.80 Å². The fraction of sp³-hybridized carbons (Fsp3) is 0.0164. The topological polar surface area (TPSA) is 32.8 Å². The minimum atomic E-state index is -0.606. The van der Waals surface area contributed by atoms with Crippen molar-refractivity contribution >= 4 is 78.0 Å². The predicted octanol–water partition coefficient (Wildman–Crippen LogP) is 16.8. The lowest BCUT2D eigenvalue weighted by atomic mass is 9.70. The van der Waals surface area contributed by atoms with E-state index >= 15 is 0 Å². The zero-order valence-corrected chi connectivity index (χ0v) is 35.2. The lowest BCUT2D eigenvalue weighted by Gasteiger charge is -2.33. The smallest absolute Gasteiger partial charge is 0.159 e. The minimum Gasteiger partial charge on any atom is -0.456 e. The van der Waals surface area contributed by atoms with Crippen LogP contribution in [0, 0.1) is 0 Å². The van der Waals surface area contributed by atoms with Gasteiger partial charge in [-0.25, -0.2) is 0 Å². The van der Waals surface area contributed by atoms with Gasteiger partial charge in [0.15, 0.2) is 5.58 Å². The Balaban J connectivity index is 1.03. The van der Waals surface area contributed by atoms with E-state index in [0.29, 0.717) is 0 Å². The number of hydrogen-bond acceptors (Lipinski definition) is 4. The highest BCUT2D eigenvalue weighted by Gasteiger charge is 2.52. The van der Waals surface area contributed by atoms with Gasteiger partial charge in [0.25, 0.3) is 0 Å². The predicted molar refractivity (Wildman–Crippen MR) is 267 cm³/mol. The second kappa shape index (κ2) is 13.7. The van der Waals surface area contributed by atoms with Gasteiger partial charge >= 0.3 is 0 Å². The highest BCUT2D eigenvalue weighted by Crippen LogP contribution is 2.65. The number of para-hydroxylation sites is 5. The van der Waals surface area contributed by atoms with Crippen LogP contribution >= 0.6 is 0 Å². The summed E-state index contributed by atoms with van der Waals surface area (Å²) in [6.07, 6.45) is 0. The molecule has 1 spiro atoms. The molecule has 0 N–H and O–H groups in total. The molecule has 0 bridgehead atoms. The summed E-state index contributed by atoms with van der Waals surface area (Å²) in [6, 6.07) is 83.3. The number of rotatable bonds is 6. The zero-order valence-electron chi connectivity index (χ0n) is 35.2. The van der Waals surface area contributed by atoms with E-state index in [1.807, 2.05) is 18.2 Å². The first kappa shape index (κ1) is 35.9. The molecular weight excluding hydrogens is 793 g/mol. The van der Waals surface area contributed by atoms with Gasteiger partial charge in [-0.3, -0.25) is 0 Å². The van der Waals surface area contributed by atoms with Crippen molar-refractivity contribution in [2.75, 3.05) is 9.80 Å². The molecule has 2 aliphatic carbocycles. The molecule has 304 valence electrons. The first-order valence-electron chi connectivity index (χ1n) is 22.3. The number of fused-ring (bicyclic) bond motifs is 16. The van der Waals surface area contributed by atoms with Crippen LogP contribution in [0.3, 0.4) is 0 Å². The summed E-state index contributed by atoms with van der Waals surface area (Å²) in [6.45, 7) is 0. The largest absolute Gasteiger partial charge is 0.456 e. The van der Waals surface area contributed by atoms with Crippen LogP contribution in [0.5, 0.6) is 0 Å². The summed E-state index contributed by atoms with van der Waals surface area (Å²) < 4.78 is 13.1. The molecule has 4 heteroatoms. The van der Waals surface area contributed by atoms with Crippen molar-refractivity contribution in [2.45, 2.75) is 5.41 Å². The Morgan fingerprint density at radius 1 is 0.292 bits per heavy atom. The van der Waals surface area contributed by atoms with Crippen LogP contribution in [0.4, 0.5) is 34.1 Å². The maximum Gasteiger partial charge on any atom is 0.159 e. The zero-order chi connectivity index (χ0) is 42.6. The molecule has 0 fully saturated rings. The number of anilines is 6. The van der Waals surface area contributed by atoms with E-state index in [9.17, 15) is 0 Å². The van der Waals surface area contributed by atoms with Gasteiger partial charge in [0.2, 0.25) is 0 Å². The number of furan rings is 2. The summed E-state index contributed by atoms with van der Waals surface area (Å²) in [5.74, 6) is 0. The molecule has 4 nitrogen and oxygen atoms in total. The van der Waals surface area contributed by atoms with Crippen LogP contribution in [-0.4, -0.2) is 0 Å². The van der Waals surface area contributed by atoms with E-state index in [2.05, 4.69) is 222 Å². The van der Waals surface area contributed by atoms with Gasteiger partial charge < -0.3 is 18.6 Å². The van der Waals surface area contributed by atoms with Crippen LogP contribution in [0.1, 0.15) is 22.3 Å². The Labute approximate surface area is 375 Å². The molecule has 2 aromatic heterocycles. The van der Waals surface area contributed by atoms with Crippen LogP contribution in [-0.2, 0) is 5.41 Å². The minimum absolute atomic E-state index is 0.606. The molecule has 2 aliphatic rings. The summed E-state index contributed by atoms with van der Waals surface area (Å²) in [5.41, 5.74) is 19.3. The Kier molecular flexibility index (Phi) is 7.57. The first-order valence-corrected chi connectivity index (χ1v) is 22.3. The van der Waals surface area contributed by atoms with E-state index in [1.165, 1.54) is 44.5 Å². The summed E-state index contributed by atoms with van der Waals surface area (Å²) in [7, 11) is 0. The van der Waals surface area contributed by atoms with Crippen molar-refractivity contribution in [3.8, 4) is 22.3 Å². The highest BCUT2D eigenvalue weighted by molar-refractivity contribution is 6.12. The maximum absolute atomic E-state index is 6.78. The van der Waals surface area contributed by atoms with Gasteiger partial charge in [0, 0.05) is 49.9 Å². The summed E-state index contributed by atoms with van der Waals surface area (Å²) >= 11 is 0. The van der Waals surface area contributed by atoms with Crippen molar-refractivity contribution in [3.63, 3.8) is 0 Å². The second-order valence-electron chi connectivity index (χ2n) is 17.1. The molecule has 0 radical (unpaired) electrons. The molecule has 2 heterocycles. The molecule has 0 aliphatic heterocycles. The third kappa shape index (κ3) is 5.02. The molecule has 0 saturated heterocycles. The number of nitrogens with zero attached hydrogens (tertiary/aromatic N) is 2. The average Bonchev–Trinajstić information content (AvgIpc) is 4.11. The van der Waals surface area contributed by atoms with E-state index in [0.717, 1.165) is 78.0 Å². The molecule has 1 atom stereocenters. The molecule has 0 saturated carbocycles. The second-order valence-corrected chi connectivity index (χ2v) is 17.1. The SMILES string of the molecule is c1ccc(N(c2ccc3c(c2)C2(c4ccccc4-3)c3ccccc3-c3c(N(c4ccccc4)c4cccc5c4oc4ccccc45)cccc32)c2ccc3oc4ccccc4c3c2)cc1. The van der Waals surface area contributed by atoms with Gasteiger partial charge in [0.1, 0.15) is 16.7 Å². The molecule has 12 aromatic rings. The fourth-order valence-electron chi connectivity index (χ4n) is 11.3. The van der Waals surface area contributed by atoms with Crippen LogP contribution in [0.15, 0.2) is 239 Å². The van der Waals surface area contributed by atoms with Crippen molar-refractivity contribution in [1.82, 2.24) is 0 Å². The van der Waals surface area contributed by atoms with Crippen LogP contribution in [0.25, 0.3) is 66.1 Å². The van der Waals surface area contributed by atoms with Gasteiger partial charge in [-0.15, -0.1) is 0 Å². The normalized spacial score (nSPS) is 14.5. The molecule has 1 unspecified atom stereocenters. The molecule has 10 aromatic carbocycles. The number of benzene rings is 10. The lowest BCUT2D eigenvalue weighted by Crippen LogP contribution is -2.26. The third-order valence-electron chi connectivity index (χ3n) is 13.8. The molecule has 65 heavy (non-hydrogen) atoms. The Morgan fingerprint density at radius 3 is 1.60 bits per heavy atom. The van der Waals surface area contributed by atoms with E-state index in [4.69, 9.17) is 8.83 Å². The van der Waals surface area contributed by atoms with E-state index < -0.39 is 5.41 Å². The van der Waals surface area contributed by atoms with Gasteiger partial charge in [-0.2, -0.15) is 0 Å². The van der Waals surface area contributed by atoms with E-state index in [1.54, 1.807) is 0 Å². The summed E-state index contributed by atoms with van der Waals surface area (Å²) in [4.78, 5) is 4.80. The summed E-state index contributed by atoms with van der Waals surface area (Å²) in [5, 5.41) is 4.41. The van der Waals surface area contributed by atoms with Gasteiger partial charge in [-0.1, -0.05) is 152 Å². The Morgan fingerprint density at radius 2 is 0.815 bits per heavy atom. The average molecular weight is 831 g/mol. The first-order chi connectivity index (χ1) is 32.3. The van der Waals surface area contributed by atoms with Crippen molar-refractivity contribution in [1.29, 1.82) is 0 Å². The van der Waals surface area contributed by atoms with Gasteiger partial charge in [-0.05, 0) is 118 Å². The highest BCUT2D eigenvalue weighted by atomic mass is 16.3. The third-order valence-corrected chi connectivity index (χ3v) is 13.8. The lowest BCUT2D eigenvalue weighted by molar-refractivity contribution is 0.668. The Bertz CT molecular complexity index is 3870. The molecule has 14 rings (SSSR count). The van der Waals surface area contributed by atoms with Crippen LogP contribution in [0.2, 0.25) is 0 Å². The van der Waals surface area contributed by atoms with Gasteiger partial charge in [0.05, 0.1) is 16.8 Å². The fourth-order valence-corrected chi connectivity index (χ4v) is 11.3. The van der Waals surface area contributed by atoms with Crippen molar-refractivity contribution in [2.24, 2.45) is 0 Å².